The minimum atomic E-state index is -5.37. The summed E-state index contributed by atoms with van der Waals surface area (Å²) in [5.74, 6) is -0.693. The van der Waals surface area contributed by atoms with Gasteiger partial charge in [-0.15, -0.1) is 0 Å². The molecule has 0 radical (unpaired) electrons. The van der Waals surface area contributed by atoms with Gasteiger partial charge in [-0.2, -0.15) is 4.31 Å². The summed E-state index contributed by atoms with van der Waals surface area (Å²) in [5.41, 5.74) is 11.7. The molecule has 0 saturated carbocycles. The second-order valence-electron chi connectivity index (χ2n) is 9.81. The monoisotopic (exact) mass is 662 g/mol. The number of hydrogen-bond acceptors (Lipinski definition) is 16. The van der Waals surface area contributed by atoms with E-state index in [1.807, 2.05) is 0 Å². The number of nitrogen functional groups attached to an aromatic ring is 1. The average Bonchev–Trinajstić information content (AvgIpc) is 3.61. The molecule has 0 aliphatic carbocycles. The van der Waals surface area contributed by atoms with Crippen LogP contribution in [-0.4, -0.2) is 105 Å². The van der Waals surface area contributed by atoms with E-state index < -0.39 is 83.7 Å². The quantitative estimate of drug-likeness (QED) is 0.105. The summed E-state index contributed by atoms with van der Waals surface area (Å²) >= 11 is 0. The molecule has 6 unspecified atom stereocenters. The van der Waals surface area contributed by atoms with Gasteiger partial charge in [0.05, 0.1) is 19.5 Å². The van der Waals surface area contributed by atoms with Gasteiger partial charge in [0, 0.05) is 5.56 Å². The van der Waals surface area contributed by atoms with E-state index in [0.717, 1.165) is 6.33 Å². The SMILES string of the molecule is NC(=O)c1cccc([C@@H]2O[C@H](COP(=O)(O)OP(=O)(O)OC[C@@H]3O[C@H](n4cnc5c(N)ncnc54)C(O)C3O)C(O)C2O)c1. The number of carbonyl (C=O) groups excluding carboxylic acids is 1. The maximum atomic E-state index is 12.4. The number of rotatable bonds is 11. The summed E-state index contributed by atoms with van der Waals surface area (Å²) in [6, 6.07) is 5.72. The molecule has 44 heavy (non-hydrogen) atoms. The number of phosphoric acid groups is 2. The van der Waals surface area contributed by atoms with E-state index in [4.69, 9.17) is 30.0 Å². The minimum Gasteiger partial charge on any atom is -0.387 e. The molecule has 5 rings (SSSR count). The molecule has 4 heterocycles. The van der Waals surface area contributed by atoms with Crippen LogP contribution in [0.25, 0.3) is 11.2 Å². The first-order valence-electron chi connectivity index (χ1n) is 12.7. The molecular formula is C22H28N6O14P2. The Labute approximate surface area is 247 Å². The van der Waals surface area contributed by atoms with E-state index in [1.54, 1.807) is 0 Å². The first kappa shape index (κ1) is 32.5. The Morgan fingerprint density at radius 2 is 1.57 bits per heavy atom. The molecule has 10 atom stereocenters. The van der Waals surface area contributed by atoms with E-state index in [2.05, 4.69) is 19.3 Å². The molecular weight excluding hydrogens is 634 g/mol. The molecule has 3 aromatic rings. The number of primary amides is 1. The smallest absolute Gasteiger partial charge is 0.387 e. The molecule has 0 spiro atoms. The van der Waals surface area contributed by atoms with Crippen molar-refractivity contribution in [1.29, 1.82) is 0 Å². The third kappa shape index (κ3) is 6.68. The number of anilines is 1. The van der Waals surface area contributed by atoms with Gasteiger partial charge in [-0.3, -0.25) is 18.4 Å². The van der Waals surface area contributed by atoms with E-state index in [-0.39, 0.29) is 28.1 Å². The highest BCUT2D eigenvalue weighted by Crippen LogP contribution is 2.60. The molecule has 2 aliphatic heterocycles. The van der Waals surface area contributed by atoms with Gasteiger partial charge in [0.15, 0.2) is 17.7 Å². The minimum absolute atomic E-state index is 0.0516. The molecule has 2 aliphatic rings. The number of carbonyl (C=O) groups is 1. The molecule has 2 fully saturated rings. The Morgan fingerprint density at radius 1 is 0.932 bits per heavy atom. The number of aromatic nitrogens is 4. The van der Waals surface area contributed by atoms with Crippen molar-refractivity contribution in [2.75, 3.05) is 18.9 Å². The number of aliphatic hydroxyl groups is 4. The Morgan fingerprint density at radius 3 is 2.23 bits per heavy atom. The molecule has 22 heteroatoms. The van der Waals surface area contributed by atoms with Crippen LogP contribution in [-0.2, 0) is 32.0 Å². The summed E-state index contributed by atoms with van der Waals surface area (Å²) < 4.78 is 50.9. The highest BCUT2D eigenvalue weighted by molar-refractivity contribution is 7.61. The van der Waals surface area contributed by atoms with Crippen LogP contribution < -0.4 is 11.5 Å². The highest BCUT2D eigenvalue weighted by Gasteiger charge is 2.47. The first-order valence-corrected chi connectivity index (χ1v) is 15.7. The fourth-order valence-electron chi connectivity index (χ4n) is 4.70. The largest absolute Gasteiger partial charge is 0.481 e. The Bertz CT molecular complexity index is 1630. The van der Waals surface area contributed by atoms with Crippen molar-refractivity contribution >= 4 is 38.5 Å². The van der Waals surface area contributed by atoms with E-state index in [9.17, 15) is 44.1 Å². The molecule has 2 saturated heterocycles. The molecule has 20 nitrogen and oxygen atoms in total. The first-order chi connectivity index (χ1) is 20.7. The topological polar surface area (TPSA) is 314 Å². The van der Waals surface area contributed by atoms with Crippen LogP contribution in [0.4, 0.5) is 5.82 Å². The molecule has 1 aromatic carbocycles. The Kier molecular flexibility index (Phi) is 9.18. The van der Waals surface area contributed by atoms with Gasteiger partial charge >= 0.3 is 15.6 Å². The van der Waals surface area contributed by atoms with Crippen molar-refractivity contribution < 1.29 is 67.0 Å². The second kappa shape index (κ2) is 12.5. The number of benzene rings is 1. The molecule has 0 bridgehead atoms. The van der Waals surface area contributed by atoms with Crippen LogP contribution in [0.2, 0.25) is 0 Å². The maximum Gasteiger partial charge on any atom is 0.481 e. The average molecular weight is 662 g/mol. The number of phosphoric ester groups is 2. The molecule has 1 amide bonds. The van der Waals surface area contributed by atoms with Crippen molar-refractivity contribution in [2.45, 2.75) is 49.0 Å². The number of imidazole rings is 1. The molecule has 2 aromatic heterocycles. The van der Waals surface area contributed by atoms with Crippen LogP contribution in [0.1, 0.15) is 28.3 Å². The lowest BCUT2D eigenvalue weighted by molar-refractivity contribution is -0.0507. The van der Waals surface area contributed by atoms with E-state index in [1.165, 1.54) is 35.2 Å². The van der Waals surface area contributed by atoms with Crippen molar-refractivity contribution in [2.24, 2.45) is 5.73 Å². The fraction of sp³-hybridized carbons (Fsp3) is 0.455. The van der Waals surface area contributed by atoms with Gasteiger partial charge in [-0.05, 0) is 17.7 Å². The summed E-state index contributed by atoms with van der Waals surface area (Å²) in [6.45, 7) is -1.78. The lowest BCUT2D eigenvalue weighted by Gasteiger charge is -2.20. The van der Waals surface area contributed by atoms with E-state index >= 15 is 0 Å². The van der Waals surface area contributed by atoms with Crippen molar-refractivity contribution in [3.05, 3.63) is 48.0 Å². The third-order valence-corrected chi connectivity index (χ3v) is 9.47. The van der Waals surface area contributed by atoms with Gasteiger partial charge in [-0.1, -0.05) is 12.1 Å². The normalized spacial score (nSPS) is 31.6. The summed E-state index contributed by atoms with van der Waals surface area (Å²) in [4.78, 5) is 43.3. The second-order valence-corrected chi connectivity index (χ2v) is 12.8. The summed E-state index contributed by atoms with van der Waals surface area (Å²) in [5, 5.41) is 41.7. The predicted molar refractivity (Wildman–Crippen MR) is 143 cm³/mol. The van der Waals surface area contributed by atoms with Gasteiger partial charge in [0.1, 0.15) is 54.6 Å². The van der Waals surface area contributed by atoms with Gasteiger partial charge < -0.3 is 51.2 Å². The Balaban J connectivity index is 1.16. The third-order valence-electron chi connectivity index (χ3n) is 6.87. The van der Waals surface area contributed by atoms with Gasteiger partial charge in [0.2, 0.25) is 5.91 Å². The fourth-order valence-corrected chi connectivity index (χ4v) is 6.79. The molecule has 240 valence electrons. The van der Waals surface area contributed by atoms with Crippen LogP contribution in [0.15, 0.2) is 36.9 Å². The number of fused-ring (bicyclic) bond motifs is 1. The van der Waals surface area contributed by atoms with Crippen molar-refractivity contribution in [1.82, 2.24) is 19.5 Å². The summed E-state index contributed by atoms with van der Waals surface area (Å²) in [7, 11) is -10.7. The Hall–Kier alpha value is -2.94. The number of hydrogen-bond donors (Lipinski definition) is 8. The number of nitrogens with zero attached hydrogens (tertiary/aromatic N) is 4. The number of amides is 1. The van der Waals surface area contributed by atoms with Crippen LogP contribution in [0.5, 0.6) is 0 Å². The molecule has 10 N–H and O–H groups in total. The maximum absolute atomic E-state index is 12.4. The number of aliphatic hydroxyl groups excluding tert-OH is 4. The van der Waals surface area contributed by atoms with E-state index in [0.29, 0.717) is 0 Å². The highest BCUT2D eigenvalue weighted by atomic mass is 31.3. The zero-order chi connectivity index (χ0) is 32.0. The zero-order valence-corrected chi connectivity index (χ0v) is 24.1. The zero-order valence-electron chi connectivity index (χ0n) is 22.3. The van der Waals surface area contributed by atoms with Crippen LogP contribution in [0.3, 0.4) is 0 Å². The standard InChI is InChI=1S/C22H28N6O14P2/c23-19-13-21(26-7-25-19)28(8-27-13)22-17(32)15(30)12(41-22)6-39-44(36,37)42-43(34,35)38-5-11-14(29)16(31)18(40-11)9-2-1-3-10(4-9)20(24)33/h1-4,7-8,11-12,14-18,22,29-32H,5-6H2,(H2,24,33)(H,34,35)(H,36,37)(H2,23,25,26)/t11-,12+,14?,15?,16?,17?,18+,22+/m1/s1. The predicted octanol–water partition coefficient (Wildman–Crippen LogP) is -1.76. The lowest BCUT2D eigenvalue weighted by atomic mass is 10.00. The van der Waals surface area contributed by atoms with Crippen molar-refractivity contribution in [3.63, 3.8) is 0 Å². The lowest BCUT2D eigenvalue weighted by Crippen LogP contribution is -2.33. The van der Waals surface area contributed by atoms with Crippen LogP contribution in [0, 0.1) is 0 Å². The number of nitrogens with two attached hydrogens (primary N) is 2. The van der Waals surface area contributed by atoms with Crippen molar-refractivity contribution in [3.8, 4) is 0 Å². The van der Waals surface area contributed by atoms with Gasteiger partial charge in [-0.25, -0.2) is 24.1 Å². The van der Waals surface area contributed by atoms with Gasteiger partial charge in [0.25, 0.3) is 0 Å². The number of ether oxygens (including phenoxy) is 2. The van der Waals surface area contributed by atoms with Crippen LogP contribution >= 0.6 is 15.6 Å². The summed E-state index contributed by atoms with van der Waals surface area (Å²) in [6.07, 6.45) is -9.33.